The molecule has 198 valence electrons. The molecular formula is C29H29BrN8O. The molecule has 0 saturated carbocycles. The first-order valence-corrected chi connectivity index (χ1v) is 13.8. The number of likely N-dealkylation sites (tertiary alicyclic amines) is 1. The number of benzene rings is 2. The highest BCUT2D eigenvalue weighted by Gasteiger charge is 2.29. The Morgan fingerprint density at radius 3 is 2.54 bits per heavy atom. The summed E-state index contributed by atoms with van der Waals surface area (Å²) in [6.07, 6.45) is 5.19. The van der Waals surface area contributed by atoms with Crippen LogP contribution in [0.15, 0.2) is 77.5 Å². The molecule has 6 rings (SSSR count). The molecule has 0 aliphatic carbocycles. The van der Waals surface area contributed by atoms with E-state index in [1.54, 1.807) is 21.6 Å². The van der Waals surface area contributed by atoms with Crippen molar-refractivity contribution in [2.45, 2.75) is 25.3 Å². The van der Waals surface area contributed by atoms with Crippen LogP contribution < -0.4 is 11.1 Å². The molecule has 1 aliphatic heterocycles. The number of rotatable bonds is 6. The Hall–Kier alpha value is -4.02. The number of nitrogens with one attached hydrogen (secondary N) is 1. The van der Waals surface area contributed by atoms with E-state index in [4.69, 9.17) is 10.8 Å². The Morgan fingerprint density at radius 1 is 1.08 bits per heavy atom. The molecular weight excluding hydrogens is 556 g/mol. The number of amides is 1. The van der Waals surface area contributed by atoms with Crippen molar-refractivity contribution >= 4 is 39.1 Å². The molecule has 3 N–H and O–H groups in total. The lowest BCUT2D eigenvalue weighted by Crippen LogP contribution is -2.38. The molecule has 1 saturated heterocycles. The molecule has 5 aromatic rings. The standard InChI is InChI=1S/C29H29BrN8O/c1-36-24(11-14-33-36)34-27-23(29(39)37-15-12-20(13-16-37)19-7-3-2-4-8-19)18-32-28-25(30)26(35-38(27)28)22-10-6-5-9-21(22)17-31/h2-11,14,18,20,34H,12-13,15-17,31H2,1H3. The minimum Gasteiger partial charge on any atom is -0.338 e. The van der Waals surface area contributed by atoms with E-state index in [-0.39, 0.29) is 5.91 Å². The van der Waals surface area contributed by atoms with Gasteiger partial charge in [-0.2, -0.15) is 14.7 Å². The average Bonchev–Trinajstić information content (AvgIpc) is 3.55. The predicted molar refractivity (Wildman–Crippen MR) is 155 cm³/mol. The van der Waals surface area contributed by atoms with Crippen molar-refractivity contribution in [2.24, 2.45) is 12.8 Å². The molecule has 0 radical (unpaired) electrons. The van der Waals surface area contributed by atoms with Gasteiger partial charge in [0.15, 0.2) is 5.65 Å². The van der Waals surface area contributed by atoms with Crippen LogP contribution in [0.25, 0.3) is 16.9 Å². The van der Waals surface area contributed by atoms with E-state index in [0.29, 0.717) is 48.3 Å². The molecule has 1 amide bonds. The molecule has 0 bridgehead atoms. The van der Waals surface area contributed by atoms with E-state index >= 15 is 0 Å². The summed E-state index contributed by atoms with van der Waals surface area (Å²) in [5, 5.41) is 12.6. The number of hydrogen-bond donors (Lipinski definition) is 2. The third kappa shape index (κ3) is 4.70. The molecule has 39 heavy (non-hydrogen) atoms. The Kier molecular flexibility index (Phi) is 6.88. The van der Waals surface area contributed by atoms with E-state index in [1.165, 1.54) is 5.56 Å². The summed E-state index contributed by atoms with van der Waals surface area (Å²) in [4.78, 5) is 20.5. The maximum atomic E-state index is 13.9. The summed E-state index contributed by atoms with van der Waals surface area (Å²) in [5.74, 6) is 1.65. The summed E-state index contributed by atoms with van der Waals surface area (Å²) in [7, 11) is 1.85. The lowest BCUT2D eigenvalue weighted by Gasteiger charge is -2.32. The molecule has 2 aromatic carbocycles. The fourth-order valence-electron chi connectivity index (χ4n) is 5.27. The van der Waals surface area contributed by atoms with Gasteiger partial charge in [-0.25, -0.2) is 4.98 Å². The fraction of sp³-hybridized carbons (Fsp3) is 0.241. The van der Waals surface area contributed by atoms with Gasteiger partial charge in [-0.15, -0.1) is 0 Å². The number of nitrogens with two attached hydrogens (primary N) is 1. The van der Waals surface area contributed by atoms with Gasteiger partial charge in [-0.1, -0.05) is 54.6 Å². The van der Waals surface area contributed by atoms with Crippen molar-refractivity contribution in [1.82, 2.24) is 29.3 Å². The van der Waals surface area contributed by atoms with Crippen LogP contribution in [0.1, 0.15) is 40.2 Å². The first-order chi connectivity index (χ1) is 19.0. The minimum absolute atomic E-state index is 0.0730. The summed E-state index contributed by atoms with van der Waals surface area (Å²) in [6, 6.07) is 20.3. The zero-order valence-corrected chi connectivity index (χ0v) is 23.2. The maximum Gasteiger partial charge on any atom is 0.259 e. The van der Waals surface area contributed by atoms with Crippen LogP contribution in [0.4, 0.5) is 11.6 Å². The van der Waals surface area contributed by atoms with Gasteiger partial charge in [0.2, 0.25) is 0 Å². The monoisotopic (exact) mass is 584 g/mol. The number of carbonyl (C=O) groups is 1. The van der Waals surface area contributed by atoms with Crippen LogP contribution in [0.5, 0.6) is 0 Å². The van der Waals surface area contributed by atoms with E-state index in [0.717, 1.165) is 34.3 Å². The molecule has 0 spiro atoms. The number of halogens is 1. The average molecular weight is 586 g/mol. The number of nitrogens with zero attached hydrogens (tertiary/aromatic N) is 6. The van der Waals surface area contributed by atoms with Crippen molar-refractivity contribution in [2.75, 3.05) is 18.4 Å². The summed E-state index contributed by atoms with van der Waals surface area (Å²) < 4.78 is 4.15. The summed E-state index contributed by atoms with van der Waals surface area (Å²) in [5.41, 5.74) is 11.0. The number of hydrogen-bond acceptors (Lipinski definition) is 6. The van der Waals surface area contributed by atoms with Gasteiger partial charge < -0.3 is 16.0 Å². The Balaban J connectivity index is 1.39. The zero-order chi connectivity index (χ0) is 26.9. The number of carbonyl (C=O) groups excluding carboxylic acids is 1. The second-order valence-electron chi connectivity index (χ2n) is 9.72. The van der Waals surface area contributed by atoms with Crippen LogP contribution in [0.3, 0.4) is 0 Å². The summed E-state index contributed by atoms with van der Waals surface area (Å²) in [6.45, 7) is 1.74. The van der Waals surface area contributed by atoms with Crippen molar-refractivity contribution in [3.63, 3.8) is 0 Å². The summed E-state index contributed by atoms with van der Waals surface area (Å²) >= 11 is 3.72. The lowest BCUT2D eigenvalue weighted by molar-refractivity contribution is 0.0713. The van der Waals surface area contributed by atoms with Crippen molar-refractivity contribution in [3.8, 4) is 11.3 Å². The molecule has 3 aromatic heterocycles. The quantitative estimate of drug-likeness (QED) is 0.287. The van der Waals surface area contributed by atoms with Gasteiger partial charge >= 0.3 is 0 Å². The predicted octanol–water partition coefficient (Wildman–Crippen LogP) is 5.11. The van der Waals surface area contributed by atoms with Gasteiger partial charge in [-0.05, 0) is 45.8 Å². The number of piperidine rings is 1. The van der Waals surface area contributed by atoms with E-state index in [1.807, 2.05) is 48.3 Å². The third-order valence-electron chi connectivity index (χ3n) is 7.43. The largest absolute Gasteiger partial charge is 0.338 e. The molecule has 4 heterocycles. The topological polar surface area (TPSA) is 106 Å². The Labute approximate surface area is 234 Å². The number of aryl methyl sites for hydroxylation is 1. The number of fused-ring (bicyclic) bond motifs is 1. The van der Waals surface area contributed by atoms with Crippen molar-refractivity contribution in [1.29, 1.82) is 0 Å². The number of aromatic nitrogens is 5. The van der Waals surface area contributed by atoms with Crippen molar-refractivity contribution in [3.05, 3.63) is 94.2 Å². The molecule has 1 aliphatic rings. The zero-order valence-electron chi connectivity index (χ0n) is 21.6. The first kappa shape index (κ1) is 25.3. The van der Waals surface area contributed by atoms with Crippen LogP contribution >= 0.6 is 15.9 Å². The highest BCUT2D eigenvalue weighted by molar-refractivity contribution is 9.10. The molecule has 0 atom stereocenters. The second-order valence-corrected chi connectivity index (χ2v) is 10.5. The van der Waals surface area contributed by atoms with Gasteiger partial charge in [0.25, 0.3) is 5.91 Å². The maximum absolute atomic E-state index is 13.9. The fourth-order valence-corrected chi connectivity index (χ4v) is 5.83. The smallest absolute Gasteiger partial charge is 0.259 e. The van der Waals surface area contributed by atoms with E-state index in [9.17, 15) is 4.79 Å². The van der Waals surface area contributed by atoms with Crippen LogP contribution in [-0.4, -0.2) is 48.3 Å². The second kappa shape index (κ2) is 10.6. The third-order valence-corrected chi connectivity index (χ3v) is 8.16. The van der Waals surface area contributed by atoms with Crippen molar-refractivity contribution < 1.29 is 4.79 Å². The molecule has 1 fully saturated rings. The van der Waals surface area contributed by atoms with Crippen LogP contribution in [-0.2, 0) is 13.6 Å². The number of anilines is 2. The molecule has 0 unspecified atom stereocenters. The van der Waals surface area contributed by atoms with Gasteiger partial charge in [-0.3, -0.25) is 9.48 Å². The molecule has 9 nitrogen and oxygen atoms in total. The van der Waals surface area contributed by atoms with Gasteiger partial charge in [0, 0.05) is 44.5 Å². The van der Waals surface area contributed by atoms with Gasteiger partial charge in [0.1, 0.15) is 22.9 Å². The van der Waals surface area contributed by atoms with E-state index in [2.05, 4.69) is 55.6 Å². The SMILES string of the molecule is Cn1nccc1Nc1c(C(=O)N2CCC(c3ccccc3)CC2)cnc2c(Br)c(-c3ccccc3CN)nn12. The molecule has 10 heteroatoms. The van der Waals surface area contributed by atoms with Gasteiger partial charge in [0.05, 0.1) is 10.7 Å². The first-order valence-electron chi connectivity index (χ1n) is 13.0. The van der Waals surface area contributed by atoms with Crippen LogP contribution in [0, 0.1) is 0 Å². The van der Waals surface area contributed by atoms with Crippen LogP contribution in [0.2, 0.25) is 0 Å². The minimum atomic E-state index is -0.0730. The Bertz CT molecular complexity index is 1640. The highest BCUT2D eigenvalue weighted by atomic mass is 79.9. The normalized spacial score (nSPS) is 14.2. The lowest BCUT2D eigenvalue weighted by atomic mass is 9.89. The highest BCUT2D eigenvalue weighted by Crippen LogP contribution is 2.35. The Morgan fingerprint density at radius 2 is 1.82 bits per heavy atom. The van der Waals surface area contributed by atoms with E-state index < -0.39 is 0 Å².